The summed E-state index contributed by atoms with van der Waals surface area (Å²) in [5.74, 6) is 1.28. The maximum absolute atomic E-state index is 11.9. The van der Waals surface area contributed by atoms with Crippen molar-refractivity contribution in [1.29, 1.82) is 0 Å². The van der Waals surface area contributed by atoms with Gasteiger partial charge in [-0.05, 0) is 0 Å². The van der Waals surface area contributed by atoms with Gasteiger partial charge in [0.1, 0.15) is 0 Å². The fraction of sp³-hybridized carbons (Fsp3) is 0.391. The van der Waals surface area contributed by atoms with Crippen molar-refractivity contribution in [3.05, 3.63) is 59.2 Å². The zero-order chi connectivity index (χ0) is 20.6. The molecule has 2 aromatic rings. The van der Waals surface area contributed by atoms with Gasteiger partial charge in [0.05, 0.1) is 0 Å². The summed E-state index contributed by atoms with van der Waals surface area (Å²) >= 11 is 0.361. The Bertz CT molecular complexity index is 847. The Hall–Kier alpha value is -2.30. The molecule has 1 saturated carbocycles. The van der Waals surface area contributed by atoms with E-state index in [1.165, 1.54) is 12.7 Å². The van der Waals surface area contributed by atoms with Crippen LogP contribution in [0.3, 0.4) is 0 Å². The number of ether oxygens (including phenoxy) is 3. The number of carbonyl (C=O) groups excluding carboxylic acids is 2. The van der Waals surface area contributed by atoms with Crippen LogP contribution in [0.15, 0.2) is 42.5 Å². The number of methoxy groups -OCH3 is 2. The van der Waals surface area contributed by atoms with Crippen molar-refractivity contribution >= 4 is 26.7 Å². The van der Waals surface area contributed by atoms with E-state index in [9.17, 15) is 9.59 Å². The standard InChI is InChI=1S/C23H26O5Se/c1-26-22-11-8-17(12-21(22)23(25)27-2)15-29-14-16-6-9-19(10-7-16)28-20-5-3-4-18(24)13-20/h6-12,20H,3-5,13-15H2,1-2H3. The molecule has 0 saturated heterocycles. The van der Waals surface area contributed by atoms with Crippen LogP contribution in [0.2, 0.25) is 0 Å². The van der Waals surface area contributed by atoms with Crippen LogP contribution >= 0.6 is 0 Å². The molecule has 1 fully saturated rings. The maximum atomic E-state index is 11.9. The molecule has 0 aliphatic heterocycles. The molecule has 0 amide bonds. The molecule has 0 heterocycles. The minimum atomic E-state index is -0.383. The van der Waals surface area contributed by atoms with E-state index in [-0.39, 0.29) is 12.1 Å². The van der Waals surface area contributed by atoms with Gasteiger partial charge in [0, 0.05) is 0 Å². The Morgan fingerprint density at radius 3 is 2.48 bits per heavy atom. The first-order chi connectivity index (χ1) is 14.1. The number of esters is 1. The molecule has 1 aliphatic carbocycles. The summed E-state index contributed by atoms with van der Waals surface area (Å²) in [6.07, 6.45) is 3.11. The summed E-state index contributed by atoms with van der Waals surface area (Å²) in [4.78, 5) is 23.5. The number of Topliss-reactive ketones (excluding diaryl/α,β-unsaturated/α-hetero) is 1. The summed E-state index contributed by atoms with van der Waals surface area (Å²) < 4.78 is 16.0. The molecule has 0 aromatic heterocycles. The normalized spacial score (nSPS) is 16.3. The van der Waals surface area contributed by atoms with Gasteiger partial charge in [-0.25, -0.2) is 0 Å². The second-order valence-corrected chi connectivity index (χ2v) is 9.11. The van der Waals surface area contributed by atoms with Crippen molar-refractivity contribution in [2.24, 2.45) is 0 Å². The third-order valence-corrected chi connectivity index (χ3v) is 7.13. The van der Waals surface area contributed by atoms with Crippen molar-refractivity contribution in [2.75, 3.05) is 14.2 Å². The van der Waals surface area contributed by atoms with E-state index in [1.54, 1.807) is 7.11 Å². The van der Waals surface area contributed by atoms with E-state index in [4.69, 9.17) is 14.2 Å². The van der Waals surface area contributed by atoms with Gasteiger partial charge in [-0.3, -0.25) is 0 Å². The number of hydrogen-bond acceptors (Lipinski definition) is 5. The van der Waals surface area contributed by atoms with Gasteiger partial charge in [-0.15, -0.1) is 0 Å². The molecule has 1 aliphatic rings. The third-order valence-electron chi connectivity index (χ3n) is 4.87. The molecule has 2 aromatic carbocycles. The molecular weight excluding hydrogens is 435 g/mol. The zero-order valence-corrected chi connectivity index (χ0v) is 18.5. The first-order valence-corrected chi connectivity index (χ1v) is 12.1. The van der Waals surface area contributed by atoms with Crippen molar-refractivity contribution < 1.29 is 23.8 Å². The molecule has 6 heteroatoms. The summed E-state index contributed by atoms with van der Waals surface area (Å²) in [6, 6.07) is 13.8. The predicted octanol–water partition coefficient (Wildman–Crippen LogP) is 3.78. The quantitative estimate of drug-likeness (QED) is 0.443. The van der Waals surface area contributed by atoms with Gasteiger partial charge in [0.2, 0.25) is 0 Å². The number of carbonyl (C=O) groups is 2. The van der Waals surface area contributed by atoms with Crippen LogP contribution in [0, 0.1) is 0 Å². The van der Waals surface area contributed by atoms with Gasteiger partial charge < -0.3 is 0 Å². The molecular formula is C23H26O5Se. The van der Waals surface area contributed by atoms with Gasteiger partial charge in [-0.1, -0.05) is 0 Å². The Labute approximate surface area is 177 Å². The van der Waals surface area contributed by atoms with E-state index < -0.39 is 0 Å². The number of rotatable bonds is 8. The monoisotopic (exact) mass is 462 g/mol. The molecule has 0 bridgehead atoms. The van der Waals surface area contributed by atoms with Crippen LogP contribution in [-0.2, 0) is 20.2 Å². The topological polar surface area (TPSA) is 61.8 Å². The second kappa shape index (κ2) is 10.5. The summed E-state index contributed by atoms with van der Waals surface area (Å²) in [6.45, 7) is 0. The molecule has 154 valence electrons. The van der Waals surface area contributed by atoms with Gasteiger partial charge >= 0.3 is 178 Å². The second-order valence-electron chi connectivity index (χ2n) is 7.04. The third kappa shape index (κ3) is 6.09. The Morgan fingerprint density at radius 1 is 1.07 bits per heavy atom. The average Bonchev–Trinajstić information content (AvgIpc) is 2.74. The van der Waals surface area contributed by atoms with Crippen molar-refractivity contribution in [2.45, 2.75) is 42.4 Å². The van der Waals surface area contributed by atoms with E-state index >= 15 is 0 Å². The van der Waals surface area contributed by atoms with Gasteiger partial charge in [0.15, 0.2) is 0 Å². The van der Waals surface area contributed by atoms with Crippen LogP contribution in [-0.4, -0.2) is 47.0 Å². The van der Waals surface area contributed by atoms with Crippen molar-refractivity contribution in [3.63, 3.8) is 0 Å². The van der Waals surface area contributed by atoms with E-state index in [2.05, 4.69) is 12.1 Å². The Kier molecular flexibility index (Phi) is 7.73. The van der Waals surface area contributed by atoms with Crippen molar-refractivity contribution in [3.8, 4) is 11.5 Å². The van der Waals surface area contributed by atoms with E-state index in [1.807, 2.05) is 30.3 Å². The molecule has 29 heavy (non-hydrogen) atoms. The molecule has 1 unspecified atom stereocenters. The Morgan fingerprint density at radius 2 is 1.79 bits per heavy atom. The van der Waals surface area contributed by atoms with Crippen LogP contribution in [0.1, 0.15) is 47.2 Å². The molecule has 0 spiro atoms. The SMILES string of the molecule is COC(=O)c1cc(C[Se]Cc2ccc(OC3CCCC(=O)C3)cc2)ccc1OC. The molecule has 3 rings (SSSR count). The van der Waals surface area contributed by atoms with Crippen LogP contribution < -0.4 is 9.47 Å². The van der Waals surface area contributed by atoms with Crippen LogP contribution in [0.5, 0.6) is 11.5 Å². The van der Waals surface area contributed by atoms with E-state index in [0.717, 1.165) is 34.8 Å². The predicted molar refractivity (Wildman–Crippen MR) is 112 cm³/mol. The fourth-order valence-corrected chi connectivity index (χ4v) is 5.33. The van der Waals surface area contributed by atoms with E-state index in [0.29, 0.717) is 44.9 Å². The van der Waals surface area contributed by atoms with Crippen LogP contribution in [0.25, 0.3) is 0 Å². The number of ketones is 1. The van der Waals surface area contributed by atoms with Gasteiger partial charge in [0.25, 0.3) is 0 Å². The number of benzene rings is 2. The zero-order valence-electron chi connectivity index (χ0n) is 16.8. The summed E-state index contributed by atoms with van der Waals surface area (Å²) in [5, 5.41) is 1.91. The average molecular weight is 461 g/mol. The molecule has 0 N–H and O–H groups in total. The van der Waals surface area contributed by atoms with Crippen LogP contribution in [0.4, 0.5) is 0 Å². The van der Waals surface area contributed by atoms with Gasteiger partial charge in [-0.2, -0.15) is 0 Å². The first-order valence-electron chi connectivity index (χ1n) is 9.69. The Balaban J connectivity index is 1.51. The minimum absolute atomic E-state index is 0.0189. The summed E-state index contributed by atoms with van der Waals surface area (Å²) in [5.41, 5.74) is 2.83. The summed E-state index contributed by atoms with van der Waals surface area (Å²) in [7, 11) is 2.92. The molecule has 5 nitrogen and oxygen atoms in total. The van der Waals surface area contributed by atoms with Crippen molar-refractivity contribution in [1.82, 2.24) is 0 Å². The molecule has 1 atom stereocenters. The fourth-order valence-electron chi connectivity index (χ4n) is 3.34. The number of hydrogen-bond donors (Lipinski definition) is 0. The molecule has 0 radical (unpaired) electrons. The first kappa shape index (κ1) is 21.4.